The van der Waals surface area contributed by atoms with Crippen molar-refractivity contribution in [1.29, 1.82) is 0 Å². The van der Waals surface area contributed by atoms with Crippen LogP contribution in [0.25, 0.3) is 0 Å². The maximum Gasteiger partial charge on any atom is 0.271 e. The number of anilines is 2. The molecular formula is C18H17N5O2. The largest absolute Gasteiger partial charge is 0.497 e. The van der Waals surface area contributed by atoms with Gasteiger partial charge in [-0.2, -0.15) is 0 Å². The van der Waals surface area contributed by atoms with Gasteiger partial charge in [0, 0.05) is 11.9 Å². The average molecular weight is 335 g/mol. The number of ether oxygens (including phenoxy) is 1. The van der Waals surface area contributed by atoms with Gasteiger partial charge in [0.15, 0.2) is 0 Å². The van der Waals surface area contributed by atoms with E-state index in [1.54, 1.807) is 13.3 Å². The minimum absolute atomic E-state index is 0.246. The van der Waals surface area contributed by atoms with Crippen LogP contribution in [0.3, 0.4) is 0 Å². The second-order valence-corrected chi connectivity index (χ2v) is 5.14. The van der Waals surface area contributed by atoms with E-state index in [2.05, 4.69) is 25.6 Å². The van der Waals surface area contributed by atoms with Crippen molar-refractivity contribution in [3.8, 4) is 5.75 Å². The highest BCUT2D eigenvalue weighted by molar-refractivity contribution is 5.91. The first kappa shape index (κ1) is 16.4. The molecule has 2 N–H and O–H groups in total. The summed E-state index contributed by atoms with van der Waals surface area (Å²) in [5.74, 6) is 1.03. The minimum Gasteiger partial charge on any atom is -0.497 e. The number of methoxy groups -OCH3 is 1. The number of aromatic nitrogens is 3. The highest BCUT2D eigenvalue weighted by atomic mass is 16.5. The number of hydrogen-bond donors (Lipinski definition) is 2. The van der Waals surface area contributed by atoms with Gasteiger partial charge in [-0.15, -0.1) is 0 Å². The number of benzene rings is 1. The lowest BCUT2D eigenvalue weighted by Crippen LogP contribution is -2.24. The molecule has 0 saturated carbocycles. The maximum atomic E-state index is 12.1. The summed E-state index contributed by atoms with van der Waals surface area (Å²) >= 11 is 0. The Hall–Kier alpha value is -3.48. The molecular weight excluding hydrogens is 318 g/mol. The van der Waals surface area contributed by atoms with E-state index in [9.17, 15) is 4.79 Å². The second kappa shape index (κ2) is 7.87. The molecule has 0 aliphatic heterocycles. The second-order valence-electron chi connectivity index (χ2n) is 5.14. The number of carbonyl (C=O) groups excluding carboxylic acids is 1. The normalized spacial score (nSPS) is 10.1. The van der Waals surface area contributed by atoms with E-state index in [1.807, 2.05) is 42.5 Å². The zero-order valence-corrected chi connectivity index (χ0v) is 13.6. The van der Waals surface area contributed by atoms with Crippen molar-refractivity contribution in [3.05, 3.63) is 72.4 Å². The summed E-state index contributed by atoms with van der Waals surface area (Å²) < 4.78 is 5.11. The third-order valence-corrected chi connectivity index (χ3v) is 3.40. The van der Waals surface area contributed by atoms with Crippen LogP contribution in [0, 0.1) is 0 Å². The number of nitrogens with zero attached hydrogens (tertiary/aromatic N) is 3. The predicted octanol–water partition coefficient (Wildman–Crippen LogP) is 2.55. The Balaban J connectivity index is 1.58. The van der Waals surface area contributed by atoms with E-state index < -0.39 is 0 Å². The zero-order chi connectivity index (χ0) is 17.5. The van der Waals surface area contributed by atoms with Gasteiger partial charge >= 0.3 is 0 Å². The van der Waals surface area contributed by atoms with Crippen molar-refractivity contribution in [2.75, 3.05) is 12.4 Å². The van der Waals surface area contributed by atoms with E-state index in [4.69, 9.17) is 4.74 Å². The fourth-order valence-electron chi connectivity index (χ4n) is 2.10. The van der Waals surface area contributed by atoms with E-state index in [0.29, 0.717) is 12.4 Å². The van der Waals surface area contributed by atoms with Crippen LogP contribution in [0.2, 0.25) is 0 Å². The van der Waals surface area contributed by atoms with Crippen LogP contribution in [0.1, 0.15) is 16.2 Å². The third-order valence-electron chi connectivity index (χ3n) is 3.40. The van der Waals surface area contributed by atoms with Crippen LogP contribution in [0.4, 0.5) is 11.5 Å². The van der Waals surface area contributed by atoms with Gasteiger partial charge in [0.2, 0.25) is 0 Å². The molecule has 0 saturated heterocycles. The summed E-state index contributed by atoms with van der Waals surface area (Å²) in [6, 6.07) is 13.0. The minimum atomic E-state index is -0.297. The number of rotatable bonds is 6. The topological polar surface area (TPSA) is 89.0 Å². The summed E-state index contributed by atoms with van der Waals surface area (Å²) in [4.78, 5) is 24.6. The molecule has 2 heterocycles. The molecule has 2 aromatic heterocycles. The monoisotopic (exact) mass is 335 g/mol. The van der Waals surface area contributed by atoms with E-state index in [0.717, 1.165) is 17.1 Å². The van der Waals surface area contributed by atoms with Gasteiger partial charge in [-0.25, -0.2) is 9.97 Å². The third kappa shape index (κ3) is 4.51. The molecule has 126 valence electrons. The molecule has 1 amide bonds. The fraction of sp³-hybridized carbons (Fsp3) is 0.111. The van der Waals surface area contributed by atoms with Gasteiger partial charge in [0.05, 0.1) is 31.7 Å². The van der Waals surface area contributed by atoms with Crippen LogP contribution < -0.4 is 15.4 Å². The molecule has 0 spiro atoms. The smallest absolute Gasteiger partial charge is 0.271 e. The molecule has 7 heteroatoms. The molecule has 0 bridgehead atoms. The summed E-state index contributed by atoms with van der Waals surface area (Å²) in [5, 5.41) is 5.87. The molecule has 0 unspecified atom stereocenters. The molecule has 3 aromatic rings. The molecule has 0 fully saturated rings. The molecule has 25 heavy (non-hydrogen) atoms. The SMILES string of the molecule is COc1ccc(Nc2cnc(C(=O)NCc3ccccn3)cn2)cc1. The van der Waals surface area contributed by atoms with Crippen molar-refractivity contribution in [1.82, 2.24) is 20.3 Å². The average Bonchev–Trinajstić information content (AvgIpc) is 2.68. The predicted molar refractivity (Wildman–Crippen MR) is 93.7 cm³/mol. The first-order chi connectivity index (χ1) is 12.2. The van der Waals surface area contributed by atoms with E-state index in [-0.39, 0.29) is 11.6 Å². The van der Waals surface area contributed by atoms with Gasteiger partial charge in [0.1, 0.15) is 17.3 Å². The standard InChI is InChI=1S/C18H17N5O2/c1-25-15-7-5-13(6-8-15)23-17-12-20-16(11-21-17)18(24)22-10-14-4-2-3-9-19-14/h2-9,11-12H,10H2,1H3,(H,21,23)(H,22,24). The van der Waals surface area contributed by atoms with Crippen LogP contribution >= 0.6 is 0 Å². The molecule has 0 aliphatic rings. The van der Waals surface area contributed by atoms with Crippen molar-refractivity contribution in [2.45, 2.75) is 6.54 Å². The Labute approximate surface area is 145 Å². The summed E-state index contributed by atoms with van der Waals surface area (Å²) in [5.41, 5.74) is 1.88. The van der Waals surface area contributed by atoms with Gasteiger partial charge in [0.25, 0.3) is 5.91 Å². The molecule has 0 atom stereocenters. The Morgan fingerprint density at radius 1 is 1.04 bits per heavy atom. The van der Waals surface area contributed by atoms with Gasteiger partial charge < -0.3 is 15.4 Å². The van der Waals surface area contributed by atoms with Crippen LogP contribution in [0.5, 0.6) is 5.75 Å². The summed E-state index contributed by atoms with van der Waals surface area (Å²) in [6.45, 7) is 0.340. The lowest BCUT2D eigenvalue weighted by Gasteiger charge is -2.07. The Bertz CT molecular complexity index is 820. The Kier molecular flexibility index (Phi) is 5.16. The van der Waals surface area contributed by atoms with E-state index >= 15 is 0 Å². The molecule has 0 aliphatic carbocycles. The Morgan fingerprint density at radius 3 is 2.52 bits per heavy atom. The maximum absolute atomic E-state index is 12.1. The first-order valence-corrected chi connectivity index (χ1v) is 7.66. The van der Waals surface area contributed by atoms with E-state index in [1.165, 1.54) is 12.4 Å². The van der Waals surface area contributed by atoms with Crippen LogP contribution in [-0.4, -0.2) is 28.0 Å². The van der Waals surface area contributed by atoms with Crippen molar-refractivity contribution in [3.63, 3.8) is 0 Å². The number of amides is 1. The highest BCUT2D eigenvalue weighted by Crippen LogP contribution is 2.18. The molecule has 3 rings (SSSR count). The molecule has 7 nitrogen and oxygen atoms in total. The summed E-state index contributed by atoms with van der Waals surface area (Å²) in [6.07, 6.45) is 4.63. The molecule has 0 radical (unpaired) electrons. The van der Waals surface area contributed by atoms with Gasteiger partial charge in [-0.3, -0.25) is 9.78 Å². The quantitative estimate of drug-likeness (QED) is 0.720. The summed E-state index contributed by atoms with van der Waals surface area (Å²) in [7, 11) is 1.62. The van der Waals surface area contributed by atoms with Gasteiger partial charge in [-0.05, 0) is 36.4 Å². The number of nitrogens with one attached hydrogen (secondary N) is 2. The molecule has 1 aromatic carbocycles. The Morgan fingerprint density at radius 2 is 1.88 bits per heavy atom. The van der Waals surface area contributed by atoms with Gasteiger partial charge in [-0.1, -0.05) is 6.07 Å². The highest BCUT2D eigenvalue weighted by Gasteiger charge is 2.08. The van der Waals surface area contributed by atoms with Crippen LogP contribution in [-0.2, 0) is 6.54 Å². The van der Waals surface area contributed by atoms with Crippen molar-refractivity contribution >= 4 is 17.4 Å². The number of carbonyl (C=O) groups is 1. The lowest BCUT2D eigenvalue weighted by molar-refractivity contribution is 0.0945. The lowest BCUT2D eigenvalue weighted by atomic mass is 10.3. The van der Waals surface area contributed by atoms with Crippen LogP contribution in [0.15, 0.2) is 61.1 Å². The zero-order valence-electron chi connectivity index (χ0n) is 13.6. The number of hydrogen-bond acceptors (Lipinski definition) is 6. The van der Waals surface area contributed by atoms with Crippen molar-refractivity contribution < 1.29 is 9.53 Å². The number of pyridine rings is 1. The van der Waals surface area contributed by atoms with Crippen molar-refractivity contribution in [2.24, 2.45) is 0 Å². The fourth-order valence-corrected chi connectivity index (χ4v) is 2.10. The first-order valence-electron chi connectivity index (χ1n) is 7.66.